The Morgan fingerprint density at radius 2 is 1.91 bits per heavy atom. The van der Waals surface area contributed by atoms with E-state index in [1.54, 1.807) is 12.1 Å². The van der Waals surface area contributed by atoms with E-state index >= 15 is 0 Å². The van der Waals surface area contributed by atoms with Gasteiger partial charge in [-0.2, -0.15) is 17.9 Å². The summed E-state index contributed by atoms with van der Waals surface area (Å²) in [6.45, 7) is 1.37. The average Bonchev–Trinajstić information content (AvgIpc) is 3.29. The van der Waals surface area contributed by atoms with E-state index in [-0.39, 0.29) is 42.6 Å². The molecule has 1 aliphatic heterocycles. The van der Waals surface area contributed by atoms with E-state index in [1.807, 2.05) is 18.2 Å². The second-order valence-electron chi connectivity index (χ2n) is 7.38. The monoisotopic (exact) mass is 504 g/mol. The Kier molecular flexibility index (Phi) is 9.47. The van der Waals surface area contributed by atoms with E-state index < -0.39 is 12.0 Å². The standard InChI is InChI=1S/C21H23F3N6O.2ClH/c1-31-18-10-9-16(30-20(21(22,23)24)27-28-29-30)12-15(18)13-26-17-8-5-11-25-19(17)14-6-3-2-4-7-14;;/h2-4,6-7,9-10,12,17,19,25-26H,5,8,11,13H2,1H3;2*1H/t17-,19+;;/m1../s1. The first kappa shape index (κ1) is 26.8. The van der Waals surface area contributed by atoms with Gasteiger partial charge in [0.1, 0.15) is 5.75 Å². The summed E-state index contributed by atoms with van der Waals surface area (Å²) in [6.07, 6.45) is -2.63. The second kappa shape index (κ2) is 11.6. The predicted molar refractivity (Wildman–Crippen MR) is 122 cm³/mol. The summed E-state index contributed by atoms with van der Waals surface area (Å²) in [4.78, 5) is 0. The summed E-state index contributed by atoms with van der Waals surface area (Å²) in [5, 5.41) is 16.9. The zero-order valence-electron chi connectivity index (χ0n) is 17.7. The molecule has 0 unspecified atom stereocenters. The number of rotatable bonds is 6. The molecule has 2 N–H and O–H groups in total. The molecule has 33 heavy (non-hydrogen) atoms. The van der Waals surface area contributed by atoms with Gasteiger partial charge in [-0.15, -0.1) is 29.9 Å². The van der Waals surface area contributed by atoms with Crippen LogP contribution in [0.4, 0.5) is 13.2 Å². The predicted octanol–water partition coefficient (Wildman–Crippen LogP) is 4.12. The number of piperidine rings is 1. The molecule has 7 nitrogen and oxygen atoms in total. The number of aromatic nitrogens is 4. The van der Waals surface area contributed by atoms with Gasteiger partial charge in [-0.25, -0.2) is 0 Å². The van der Waals surface area contributed by atoms with Gasteiger partial charge in [0.05, 0.1) is 12.8 Å². The molecule has 0 saturated carbocycles. The third kappa shape index (κ3) is 6.14. The Labute approximate surface area is 201 Å². The fourth-order valence-electron chi connectivity index (χ4n) is 3.93. The van der Waals surface area contributed by atoms with Crippen LogP contribution < -0.4 is 15.4 Å². The molecule has 0 spiro atoms. The minimum Gasteiger partial charge on any atom is -0.496 e. The van der Waals surface area contributed by atoms with Gasteiger partial charge in [-0.3, -0.25) is 0 Å². The number of nitrogens with zero attached hydrogens (tertiary/aromatic N) is 4. The molecule has 1 fully saturated rings. The van der Waals surface area contributed by atoms with Crippen LogP contribution in [0.5, 0.6) is 5.75 Å². The zero-order chi connectivity index (χ0) is 21.8. The number of hydrogen-bond acceptors (Lipinski definition) is 6. The van der Waals surface area contributed by atoms with Gasteiger partial charge in [0, 0.05) is 24.2 Å². The number of hydrogen-bond donors (Lipinski definition) is 2. The molecule has 0 amide bonds. The van der Waals surface area contributed by atoms with Crippen molar-refractivity contribution in [3.8, 4) is 11.4 Å². The first-order valence-corrected chi connectivity index (χ1v) is 10.0. The lowest BCUT2D eigenvalue weighted by molar-refractivity contribution is -0.146. The third-order valence-electron chi connectivity index (χ3n) is 5.40. The highest BCUT2D eigenvalue weighted by Crippen LogP contribution is 2.30. The Balaban J connectivity index is 0.00000193. The molecule has 0 bridgehead atoms. The minimum atomic E-state index is -4.65. The number of nitrogens with one attached hydrogen (secondary N) is 2. The Hall–Kier alpha value is -2.40. The normalized spacial score (nSPS) is 18.2. The van der Waals surface area contributed by atoms with Crippen LogP contribution >= 0.6 is 24.8 Å². The van der Waals surface area contributed by atoms with E-state index in [9.17, 15) is 13.2 Å². The molecular weight excluding hydrogens is 480 g/mol. The Morgan fingerprint density at radius 1 is 1.15 bits per heavy atom. The zero-order valence-corrected chi connectivity index (χ0v) is 19.4. The molecular formula is C21H25Cl2F3N6O. The largest absolute Gasteiger partial charge is 0.496 e. The lowest BCUT2D eigenvalue weighted by Gasteiger charge is -2.34. The summed E-state index contributed by atoms with van der Waals surface area (Å²) in [6, 6.07) is 15.3. The van der Waals surface area contributed by atoms with Crippen LogP contribution in [0.15, 0.2) is 48.5 Å². The van der Waals surface area contributed by atoms with Crippen molar-refractivity contribution in [1.29, 1.82) is 0 Å². The number of methoxy groups -OCH3 is 1. The maximum absolute atomic E-state index is 13.2. The molecule has 4 rings (SSSR count). The van der Waals surface area contributed by atoms with Crippen molar-refractivity contribution in [2.45, 2.75) is 37.6 Å². The van der Waals surface area contributed by atoms with Crippen LogP contribution in [-0.2, 0) is 12.7 Å². The number of halogens is 5. The fourth-order valence-corrected chi connectivity index (χ4v) is 3.93. The van der Waals surface area contributed by atoms with Crippen molar-refractivity contribution >= 4 is 24.8 Å². The van der Waals surface area contributed by atoms with E-state index in [2.05, 4.69) is 38.3 Å². The summed E-state index contributed by atoms with van der Waals surface area (Å²) in [5.41, 5.74) is 2.14. The van der Waals surface area contributed by atoms with Gasteiger partial charge >= 0.3 is 6.18 Å². The van der Waals surface area contributed by atoms with E-state index in [4.69, 9.17) is 4.74 Å². The van der Waals surface area contributed by atoms with Crippen molar-refractivity contribution in [1.82, 2.24) is 30.8 Å². The quantitative estimate of drug-likeness (QED) is 0.525. The van der Waals surface area contributed by atoms with Crippen molar-refractivity contribution in [2.75, 3.05) is 13.7 Å². The highest BCUT2D eigenvalue weighted by atomic mass is 35.5. The third-order valence-corrected chi connectivity index (χ3v) is 5.40. The average molecular weight is 505 g/mol. The lowest BCUT2D eigenvalue weighted by atomic mass is 9.92. The van der Waals surface area contributed by atoms with Crippen LogP contribution in [0, 0.1) is 0 Å². The first-order valence-electron chi connectivity index (χ1n) is 10.0. The minimum absolute atomic E-state index is 0. The van der Waals surface area contributed by atoms with Gasteiger partial charge in [0.15, 0.2) is 0 Å². The summed E-state index contributed by atoms with van der Waals surface area (Å²) in [7, 11) is 1.53. The van der Waals surface area contributed by atoms with Gasteiger partial charge in [0.25, 0.3) is 5.82 Å². The molecule has 0 aliphatic carbocycles. The van der Waals surface area contributed by atoms with Crippen LogP contribution in [-0.4, -0.2) is 39.9 Å². The maximum atomic E-state index is 13.2. The molecule has 1 saturated heterocycles. The smallest absolute Gasteiger partial charge is 0.453 e. The van der Waals surface area contributed by atoms with Gasteiger partial charge < -0.3 is 15.4 Å². The van der Waals surface area contributed by atoms with Crippen LogP contribution in [0.1, 0.15) is 35.8 Å². The van der Waals surface area contributed by atoms with Crippen LogP contribution in [0.2, 0.25) is 0 Å². The van der Waals surface area contributed by atoms with Crippen molar-refractivity contribution in [3.05, 3.63) is 65.5 Å². The molecule has 12 heteroatoms. The molecule has 2 heterocycles. The highest BCUT2D eigenvalue weighted by Gasteiger charge is 2.38. The molecule has 2 atom stereocenters. The molecule has 1 aliphatic rings. The van der Waals surface area contributed by atoms with Crippen molar-refractivity contribution in [3.63, 3.8) is 0 Å². The second-order valence-corrected chi connectivity index (χ2v) is 7.38. The number of ether oxygens (including phenoxy) is 1. The summed E-state index contributed by atoms with van der Waals surface area (Å²) >= 11 is 0. The molecule has 1 aromatic heterocycles. The topological polar surface area (TPSA) is 76.9 Å². The van der Waals surface area contributed by atoms with Crippen LogP contribution in [0.3, 0.4) is 0 Å². The lowest BCUT2D eigenvalue weighted by Crippen LogP contribution is -2.45. The summed E-state index contributed by atoms with van der Waals surface area (Å²) in [5.74, 6) is -0.588. The van der Waals surface area contributed by atoms with Gasteiger partial charge in [-0.05, 0) is 53.6 Å². The summed E-state index contributed by atoms with van der Waals surface area (Å²) < 4.78 is 45.7. The molecule has 2 aromatic carbocycles. The highest BCUT2D eigenvalue weighted by molar-refractivity contribution is 5.85. The number of alkyl halides is 3. The van der Waals surface area contributed by atoms with E-state index in [0.29, 0.717) is 17.0 Å². The Morgan fingerprint density at radius 3 is 2.61 bits per heavy atom. The molecule has 180 valence electrons. The van der Waals surface area contributed by atoms with Crippen molar-refractivity contribution in [2.24, 2.45) is 0 Å². The fraction of sp³-hybridized carbons (Fsp3) is 0.381. The Bertz CT molecular complexity index is 1020. The maximum Gasteiger partial charge on any atom is 0.453 e. The van der Waals surface area contributed by atoms with E-state index in [0.717, 1.165) is 24.9 Å². The number of benzene rings is 2. The van der Waals surface area contributed by atoms with Gasteiger partial charge in [-0.1, -0.05) is 30.3 Å². The van der Waals surface area contributed by atoms with E-state index in [1.165, 1.54) is 18.7 Å². The SMILES string of the molecule is COc1ccc(-n2nnnc2C(F)(F)F)cc1CN[C@@H]1CCCN[C@H]1c1ccccc1.Cl.Cl. The molecule has 3 aromatic rings. The molecule has 0 radical (unpaired) electrons. The number of tetrazole rings is 1. The van der Waals surface area contributed by atoms with Gasteiger partial charge in [0.2, 0.25) is 0 Å². The van der Waals surface area contributed by atoms with Crippen LogP contribution in [0.25, 0.3) is 5.69 Å². The van der Waals surface area contributed by atoms with Crippen molar-refractivity contribution < 1.29 is 17.9 Å². The first-order chi connectivity index (χ1) is 15.0.